The van der Waals surface area contributed by atoms with Gasteiger partial charge in [0, 0.05) is 31.6 Å². The van der Waals surface area contributed by atoms with E-state index >= 15 is 0 Å². The fourth-order valence-corrected chi connectivity index (χ4v) is 4.36. The summed E-state index contributed by atoms with van der Waals surface area (Å²) in [4.78, 5) is 23.4. The first-order chi connectivity index (χ1) is 16.7. The number of aryl methyl sites for hydroxylation is 1. The molecule has 3 atom stereocenters. The number of aliphatic hydroxyl groups excluding tert-OH is 2. The number of ether oxygens (including phenoxy) is 2. The fraction of sp³-hybridized carbons (Fsp3) is 0.571. The van der Waals surface area contributed by atoms with E-state index in [2.05, 4.69) is 4.74 Å². The quantitative estimate of drug-likeness (QED) is 0.198. The molecule has 7 nitrogen and oxygen atoms in total. The van der Waals surface area contributed by atoms with Crippen molar-refractivity contribution >= 4 is 11.9 Å². The predicted molar refractivity (Wildman–Crippen MR) is 134 cm³/mol. The SMILES string of the molecule is CCCC(=O)OC1=C(CCCCCCC(=O)OC)[C@@H](/C=C/[C@H](O)Cc2ccc(O)c(C)c2)[C@H](O)C1. The third-order valence-electron chi connectivity index (χ3n) is 6.31. The zero-order valence-corrected chi connectivity index (χ0v) is 21.2. The maximum Gasteiger partial charge on any atom is 0.310 e. The fourth-order valence-electron chi connectivity index (χ4n) is 4.36. The summed E-state index contributed by atoms with van der Waals surface area (Å²) >= 11 is 0. The Morgan fingerprint density at radius 2 is 1.89 bits per heavy atom. The first kappa shape index (κ1) is 28.6. The third-order valence-corrected chi connectivity index (χ3v) is 6.31. The molecule has 1 aliphatic carbocycles. The van der Waals surface area contributed by atoms with Gasteiger partial charge in [-0.2, -0.15) is 0 Å². The summed E-state index contributed by atoms with van der Waals surface area (Å²) in [5, 5.41) is 31.0. The van der Waals surface area contributed by atoms with Crippen LogP contribution in [-0.2, 0) is 25.5 Å². The van der Waals surface area contributed by atoms with Crippen LogP contribution >= 0.6 is 0 Å². The van der Waals surface area contributed by atoms with Crippen LogP contribution in [0.15, 0.2) is 41.7 Å². The van der Waals surface area contributed by atoms with Crippen molar-refractivity contribution in [2.24, 2.45) is 5.92 Å². The monoisotopic (exact) mass is 488 g/mol. The zero-order chi connectivity index (χ0) is 25.8. The van der Waals surface area contributed by atoms with Crippen molar-refractivity contribution in [3.8, 4) is 5.75 Å². The summed E-state index contributed by atoms with van der Waals surface area (Å²) in [6, 6.07) is 5.24. The van der Waals surface area contributed by atoms with E-state index in [1.165, 1.54) is 7.11 Å². The molecule has 0 spiro atoms. The summed E-state index contributed by atoms with van der Waals surface area (Å²) < 4.78 is 10.3. The molecule has 2 rings (SSSR count). The normalized spacial score (nSPS) is 18.8. The second kappa shape index (κ2) is 14.7. The van der Waals surface area contributed by atoms with Crippen LogP contribution in [0.2, 0.25) is 0 Å². The number of methoxy groups -OCH3 is 1. The minimum absolute atomic E-state index is 0.206. The first-order valence-corrected chi connectivity index (χ1v) is 12.6. The average molecular weight is 489 g/mol. The van der Waals surface area contributed by atoms with Crippen LogP contribution in [0.4, 0.5) is 0 Å². The molecule has 0 saturated heterocycles. The molecule has 7 heteroatoms. The van der Waals surface area contributed by atoms with Gasteiger partial charge in [-0.25, -0.2) is 0 Å². The lowest BCUT2D eigenvalue weighted by atomic mass is 9.93. The highest BCUT2D eigenvalue weighted by molar-refractivity contribution is 5.70. The number of carbonyl (C=O) groups excluding carboxylic acids is 2. The van der Waals surface area contributed by atoms with E-state index in [4.69, 9.17) is 4.74 Å². The van der Waals surface area contributed by atoms with Crippen LogP contribution in [0.25, 0.3) is 0 Å². The van der Waals surface area contributed by atoms with E-state index in [1.54, 1.807) is 18.2 Å². The standard InChI is InChI=1S/C28H40O7/c1-4-9-28(33)35-26-18-25(31)22(23(26)10-7-5-6-8-11-27(32)34-3)14-13-21(29)17-20-12-15-24(30)19(2)16-20/h12-16,21-22,25,29-31H,4-11,17-18H2,1-3H3/b14-13+/t21-,22+,25+/m0/s1. The molecule has 0 amide bonds. The van der Waals surface area contributed by atoms with Gasteiger partial charge in [0.2, 0.25) is 0 Å². The topological polar surface area (TPSA) is 113 Å². The van der Waals surface area contributed by atoms with Crippen molar-refractivity contribution < 1.29 is 34.4 Å². The zero-order valence-electron chi connectivity index (χ0n) is 21.2. The molecule has 194 valence electrons. The van der Waals surface area contributed by atoms with E-state index in [9.17, 15) is 24.9 Å². The Kier molecular flexibility index (Phi) is 12.0. The number of benzene rings is 1. The van der Waals surface area contributed by atoms with Crippen molar-refractivity contribution in [1.29, 1.82) is 0 Å². The molecule has 0 fully saturated rings. The highest BCUT2D eigenvalue weighted by atomic mass is 16.5. The van der Waals surface area contributed by atoms with Gasteiger partial charge in [0.1, 0.15) is 11.5 Å². The lowest BCUT2D eigenvalue weighted by Gasteiger charge is -2.16. The number of phenols is 1. The molecule has 3 N–H and O–H groups in total. The van der Waals surface area contributed by atoms with Crippen LogP contribution in [-0.4, -0.2) is 46.6 Å². The Bertz CT molecular complexity index is 903. The maximum atomic E-state index is 12.1. The van der Waals surface area contributed by atoms with Crippen molar-refractivity contribution in [1.82, 2.24) is 0 Å². The molecule has 0 aromatic heterocycles. The second-order valence-corrected chi connectivity index (χ2v) is 9.24. The summed E-state index contributed by atoms with van der Waals surface area (Å²) in [5.74, 6) is -0.0618. The van der Waals surface area contributed by atoms with Gasteiger partial charge in [0.25, 0.3) is 0 Å². The van der Waals surface area contributed by atoms with E-state index in [0.717, 1.165) is 42.4 Å². The van der Waals surface area contributed by atoms with Crippen molar-refractivity contribution in [2.75, 3.05) is 7.11 Å². The van der Waals surface area contributed by atoms with E-state index in [1.807, 2.05) is 26.0 Å². The highest BCUT2D eigenvalue weighted by Crippen LogP contribution is 2.37. The molecule has 0 aliphatic heterocycles. The second-order valence-electron chi connectivity index (χ2n) is 9.24. The number of phenolic OH excluding ortho intramolecular Hbond substituents is 1. The Morgan fingerprint density at radius 1 is 1.14 bits per heavy atom. The van der Waals surface area contributed by atoms with Crippen molar-refractivity contribution in [3.63, 3.8) is 0 Å². The van der Waals surface area contributed by atoms with Gasteiger partial charge in [0.15, 0.2) is 0 Å². The Labute approximate surface area is 208 Å². The van der Waals surface area contributed by atoms with Gasteiger partial charge in [-0.3, -0.25) is 9.59 Å². The van der Waals surface area contributed by atoms with Gasteiger partial charge in [0.05, 0.1) is 19.3 Å². The number of aromatic hydroxyl groups is 1. The van der Waals surface area contributed by atoms with Gasteiger partial charge < -0.3 is 24.8 Å². The van der Waals surface area contributed by atoms with Gasteiger partial charge >= 0.3 is 11.9 Å². The largest absolute Gasteiger partial charge is 0.508 e. The van der Waals surface area contributed by atoms with Crippen molar-refractivity contribution in [3.05, 3.63) is 52.8 Å². The molecule has 1 aromatic carbocycles. The highest BCUT2D eigenvalue weighted by Gasteiger charge is 2.33. The van der Waals surface area contributed by atoms with Crippen LogP contribution < -0.4 is 0 Å². The molecule has 0 unspecified atom stereocenters. The number of hydrogen-bond acceptors (Lipinski definition) is 7. The number of rotatable bonds is 14. The van der Waals surface area contributed by atoms with Gasteiger partial charge in [-0.15, -0.1) is 0 Å². The lowest BCUT2D eigenvalue weighted by Crippen LogP contribution is -2.16. The molecule has 0 heterocycles. The maximum absolute atomic E-state index is 12.1. The lowest BCUT2D eigenvalue weighted by molar-refractivity contribution is -0.141. The Balaban J connectivity index is 2.04. The number of esters is 2. The number of unbranched alkanes of at least 4 members (excludes halogenated alkanes) is 3. The Morgan fingerprint density at radius 3 is 2.57 bits per heavy atom. The average Bonchev–Trinajstić information content (AvgIpc) is 3.10. The van der Waals surface area contributed by atoms with Crippen LogP contribution in [0.5, 0.6) is 5.75 Å². The summed E-state index contributed by atoms with van der Waals surface area (Å²) in [6.07, 6.45) is 8.19. The summed E-state index contributed by atoms with van der Waals surface area (Å²) in [5.41, 5.74) is 2.56. The van der Waals surface area contributed by atoms with Crippen LogP contribution in [0.1, 0.15) is 75.8 Å². The molecular formula is C28H40O7. The molecule has 35 heavy (non-hydrogen) atoms. The smallest absolute Gasteiger partial charge is 0.310 e. The number of carbonyl (C=O) groups is 2. The van der Waals surface area contributed by atoms with Gasteiger partial charge in [-0.05, 0) is 55.4 Å². The molecule has 0 radical (unpaired) electrons. The number of aliphatic hydroxyl groups is 2. The minimum atomic E-state index is -0.752. The predicted octanol–water partition coefficient (Wildman–Crippen LogP) is 4.65. The summed E-state index contributed by atoms with van der Waals surface area (Å²) in [6.45, 7) is 3.72. The Hall–Kier alpha value is -2.64. The molecule has 1 aromatic rings. The van der Waals surface area contributed by atoms with E-state index < -0.39 is 12.2 Å². The van der Waals surface area contributed by atoms with Crippen molar-refractivity contribution in [2.45, 2.75) is 90.3 Å². The minimum Gasteiger partial charge on any atom is -0.508 e. The molecule has 0 saturated carbocycles. The van der Waals surface area contributed by atoms with E-state index in [-0.39, 0.29) is 30.0 Å². The van der Waals surface area contributed by atoms with Crippen LogP contribution in [0.3, 0.4) is 0 Å². The van der Waals surface area contributed by atoms with Crippen LogP contribution in [0, 0.1) is 12.8 Å². The summed E-state index contributed by atoms with van der Waals surface area (Å²) in [7, 11) is 1.39. The molecule has 0 bridgehead atoms. The number of hydrogen-bond donors (Lipinski definition) is 3. The van der Waals surface area contributed by atoms with E-state index in [0.29, 0.717) is 37.9 Å². The molecule has 1 aliphatic rings. The van der Waals surface area contributed by atoms with Gasteiger partial charge in [-0.1, -0.05) is 44.1 Å². The first-order valence-electron chi connectivity index (χ1n) is 12.6. The third kappa shape index (κ3) is 9.49. The molecular weight excluding hydrogens is 448 g/mol.